The molecule has 0 spiro atoms. The molecule has 1 amide bonds. The average molecular weight is 257 g/mol. The third kappa shape index (κ3) is 2.37. The van der Waals surface area contributed by atoms with Crippen LogP contribution in [-0.2, 0) is 15.8 Å². The van der Waals surface area contributed by atoms with E-state index in [-0.39, 0.29) is 18.7 Å². The number of alkyl halides is 3. The van der Waals surface area contributed by atoms with Crippen LogP contribution in [0.5, 0.6) is 0 Å². The summed E-state index contributed by atoms with van der Waals surface area (Å²) >= 11 is 0. The van der Waals surface area contributed by atoms with Crippen LogP contribution in [-0.4, -0.2) is 18.2 Å². The molecular weight excluding hydrogens is 247 g/mol. The van der Waals surface area contributed by atoms with E-state index in [0.29, 0.717) is 6.42 Å². The van der Waals surface area contributed by atoms with Gasteiger partial charge in [0.1, 0.15) is 0 Å². The molecular formula is C12H10F3NO2. The number of Topliss-reactive ketones (excluding diaryl/α,β-unsaturated/α-hetero) is 1. The van der Waals surface area contributed by atoms with Gasteiger partial charge in [-0.05, 0) is 24.6 Å². The number of anilines is 1. The van der Waals surface area contributed by atoms with Crippen molar-refractivity contribution in [3.8, 4) is 0 Å². The molecule has 3 nitrogen and oxygen atoms in total. The third-order valence-electron chi connectivity index (χ3n) is 2.75. The van der Waals surface area contributed by atoms with Crippen molar-refractivity contribution in [2.75, 3.05) is 11.4 Å². The summed E-state index contributed by atoms with van der Waals surface area (Å²) < 4.78 is 37.6. The summed E-state index contributed by atoms with van der Waals surface area (Å²) in [7, 11) is 0. The lowest BCUT2D eigenvalue weighted by atomic mass is 10.1. The van der Waals surface area contributed by atoms with Crippen LogP contribution in [0.1, 0.15) is 18.4 Å². The van der Waals surface area contributed by atoms with Gasteiger partial charge in [-0.15, -0.1) is 0 Å². The third-order valence-corrected chi connectivity index (χ3v) is 2.75. The van der Waals surface area contributed by atoms with Crippen molar-refractivity contribution in [3.05, 3.63) is 29.8 Å². The summed E-state index contributed by atoms with van der Waals surface area (Å²) in [4.78, 5) is 23.9. The van der Waals surface area contributed by atoms with E-state index < -0.39 is 23.4 Å². The number of halogens is 3. The summed E-state index contributed by atoms with van der Waals surface area (Å²) in [5.41, 5.74) is -0.714. The second-order valence-corrected chi connectivity index (χ2v) is 4.03. The molecule has 0 aliphatic carbocycles. The van der Waals surface area contributed by atoms with Gasteiger partial charge in [0.05, 0.1) is 5.56 Å². The highest BCUT2D eigenvalue weighted by Crippen LogP contribution is 2.32. The zero-order chi connectivity index (χ0) is 13.3. The second-order valence-electron chi connectivity index (χ2n) is 4.03. The molecule has 0 radical (unpaired) electrons. The smallest absolute Gasteiger partial charge is 0.306 e. The number of ketones is 1. The quantitative estimate of drug-likeness (QED) is 0.724. The minimum atomic E-state index is -4.46. The number of rotatable bonds is 1. The van der Waals surface area contributed by atoms with Crippen molar-refractivity contribution >= 4 is 17.4 Å². The van der Waals surface area contributed by atoms with Crippen LogP contribution in [0.4, 0.5) is 18.9 Å². The molecule has 1 saturated heterocycles. The molecule has 1 heterocycles. The summed E-state index contributed by atoms with van der Waals surface area (Å²) in [6.45, 7) is 0.270. The largest absolute Gasteiger partial charge is 0.416 e. The molecule has 0 unspecified atom stereocenters. The molecule has 0 aromatic heterocycles. The Morgan fingerprint density at radius 2 is 1.89 bits per heavy atom. The van der Waals surface area contributed by atoms with Gasteiger partial charge < -0.3 is 4.90 Å². The number of amides is 1. The van der Waals surface area contributed by atoms with Gasteiger partial charge in [0, 0.05) is 18.7 Å². The van der Waals surface area contributed by atoms with Crippen molar-refractivity contribution in [2.24, 2.45) is 0 Å². The summed E-state index contributed by atoms with van der Waals surface area (Å²) in [5, 5.41) is 0. The van der Waals surface area contributed by atoms with Crippen LogP contribution in [0.15, 0.2) is 24.3 Å². The van der Waals surface area contributed by atoms with Gasteiger partial charge in [-0.1, -0.05) is 6.07 Å². The molecule has 1 aromatic carbocycles. The van der Waals surface area contributed by atoms with E-state index in [9.17, 15) is 22.8 Å². The number of carbonyl (C=O) groups excluding carboxylic acids is 2. The molecule has 2 rings (SSSR count). The number of carbonyl (C=O) groups is 2. The SMILES string of the molecule is O=C1CCCN(c2cccc(C(F)(F)F)c2)C1=O. The average Bonchev–Trinajstić information content (AvgIpc) is 2.32. The van der Waals surface area contributed by atoms with Crippen molar-refractivity contribution in [2.45, 2.75) is 19.0 Å². The highest BCUT2D eigenvalue weighted by Gasteiger charge is 2.32. The molecule has 96 valence electrons. The molecule has 0 bridgehead atoms. The van der Waals surface area contributed by atoms with E-state index in [1.54, 1.807) is 0 Å². The molecule has 1 aromatic rings. The standard InChI is InChI=1S/C12H10F3NO2/c13-12(14,15)8-3-1-4-9(7-8)16-6-2-5-10(17)11(16)18/h1,3-4,7H,2,5-6H2. The lowest BCUT2D eigenvalue weighted by molar-refractivity contribution is -0.138. The highest BCUT2D eigenvalue weighted by atomic mass is 19.4. The van der Waals surface area contributed by atoms with Gasteiger partial charge in [0.2, 0.25) is 5.78 Å². The molecule has 0 saturated carbocycles. The lowest BCUT2D eigenvalue weighted by Crippen LogP contribution is -2.41. The Hall–Kier alpha value is -1.85. The fourth-order valence-corrected chi connectivity index (χ4v) is 1.85. The molecule has 1 fully saturated rings. The first-order chi connectivity index (χ1) is 8.39. The first-order valence-electron chi connectivity index (χ1n) is 5.41. The van der Waals surface area contributed by atoms with Crippen LogP contribution in [0.3, 0.4) is 0 Å². The van der Waals surface area contributed by atoms with E-state index in [4.69, 9.17) is 0 Å². The number of piperidine rings is 1. The van der Waals surface area contributed by atoms with Gasteiger partial charge >= 0.3 is 6.18 Å². The van der Waals surface area contributed by atoms with Gasteiger partial charge in [0.15, 0.2) is 0 Å². The fourth-order valence-electron chi connectivity index (χ4n) is 1.85. The van der Waals surface area contributed by atoms with Crippen molar-refractivity contribution in [1.82, 2.24) is 0 Å². The van der Waals surface area contributed by atoms with E-state index >= 15 is 0 Å². The minimum absolute atomic E-state index is 0.114. The maximum Gasteiger partial charge on any atom is 0.416 e. The van der Waals surface area contributed by atoms with Crippen LogP contribution in [0.2, 0.25) is 0 Å². The van der Waals surface area contributed by atoms with E-state index in [1.807, 2.05) is 0 Å². The van der Waals surface area contributed by atoms with Crippen molar-refractivity contribution in [3.63, 3.8) is 0 Å². The van der Waals surface area contributed by atoms with Gasteiger partial charge in [0.25, 0.3) is 5.91 Å². The van der Waals surface area contributed by atoms with Gasteiger partial charge in [-0.25, -0.2) is 0 Å². The zero-order valence-corrected chi connectivity index (χ0v) is 9.33. The predicted octanol–water partition coefficient (Wildman–Crippen LogP) is 2.40. The molecule has 6 heteroatoms. The second kappa shape index (κ2) is 4.44. The van der Waals surface area contributed by atoms with Crippen molar-refractivity contribution in [1.29, 1.82) is 0 Å². The number of hydrogen-bond donors (Lipinski definition) is 0. The van der Waals surface area contributed by atoms with Gasteiger partial charge in [-0.3, -0.25) is 9.59 Å². The number of nitrogens with zero attached hydrogens (tertiary/aromatic N) is 1. The van der Waals surface area contributed by atoms with Crippen LogP contribution in [0.25, 0.3) is 0 Å². The predicted molar refractivity (Wildman–Crippen MR) is 58.0 cm³/mol. The van der Waals surface area contributed by atoms with Crippen LogP contribution < -0.4 is 4.90 Å². The van der Waals surface area contributed by atoms with Crippen LogP contribution in [0, 0.1) is 0 Å². The summed E-state index contributed by atoms with van der Waals surface area (Å²) in [6.07, 6.45) is -3.83. The highest BCUT2D eigenvalue weighted by molar-refractivity contribution is 6.41. The monoisotopic (exact) mass is 257 g/mol. The van der Waals surface area contributed by atoms with E-state index in [0.717, 1.165) is 17.0 Å². The van der Waals surface area contributed by atoms with Gasteiger partial charge in [-0.2, -0.15) is 13.2 Å². The zero-order valence-electron chi connectivity index (χ0n) is 9.33. The molecule has 1 aliphatic heterocycles. The van der Waals surface area contributed by atoms with Crippen LogP contribution >= 0.6 is 0 Å². The Balaban J connectivity index is 2.34. The normalized spacial score (nSPS) is 17.2. The first kappa shape index (κ1) is 12.6. The molecule has 0 N–H and O–H groups in total. The van der Waals surface area contributed by atoms with E-state index in [2.05, 4.69) is 0 Å². The lowest BCUT2D eigenvalue weighted by Gasteiger charge is -2.26. The molecule has 18 heavy (non-hydrogen) atoms. The minimum Gasteiger partial charge on any atom is -0.306 e. The maximum atomic E-state index is 12.5. The fraction of sp³-hybridized carbons (Fsp3) is 0.333. The Morgan fingerprint density at radius 1 is 1.17 bits per heavy atom. The summed E-state index contributed by atoms with van der Waals surface area (Å²) in [5.74, 6) is -1.29. The first-order valence-corrected chi connectivity index (χ1v) is 5.41. The topological polar surface area (TPSA) is 37.4 Å². The Bertz CT molecular complexity index is 496. The molecule has 1 aliphatic rings. The van der Waals surface area contributed by atoms with Crippen molar-refractivity contribution < 1.29 is 22.8 Å². The molecule has 0 atom stereocenters. The van der Waals surface area contributed by atoms with E-state index in [1.165, 1.54) is 12.1 Å². The Kier molecular flexibility index (Phi) is 3.11. The maximum absolute atomic E-state index is 12.5. The number of benzene rings is 1. The number of hydrogen-bond acceptors (Lipinski definition) is 2. The Morgan fingerprint density at radius 3 is 2.56 bits per heavy atom. The summed E-state index contributed by atoms with van der Waals surface area (Å²) in [6, 6.07) is 4.44. The Labute approximate surface area is 101 Å².